The Bertz CT molecular complexity index is 1370. The number of benzene rings is 1. The molecular formula is C26H27FN8O2. The molecule has 11 heteroatoms. The first kappa shape index (κ1) is 25.6. The molecule has 37 heavy (non-hydrogen) atoms. The van der Waals surface area contributed by atoms with Crippen LogP contribution in [0.5, 0.6) is 5.75 Å². The van der Waals surface area contributed by atoms with Crippen LogP contribution in [-0.2, 0) is 10.3 Å². The molecule has 1 aliphatic heterocycles. The normalized spacial score (nSPS) is 17.5. The Morgan fingerprint density at radius 1 is 1.30 bits per heavy atom. The second kappa shape index (κ2) is 10.6. The summed E-state index contributed by atoms with van der Waals surface area (Å²) in [6.07, 6.45) is 2.96. The van der Waals surface area contributed by atoms with Crippen LogP contribution in [0, 0.1) is 22.7 Å². The zero-order valence-corrected chi connectivity index (χ0v) is 20.8. The Balaban J connectivity index is 1.47. The summed E-state index contributed by atoms with van der Waals surface area (Å²) in [4.78, 5) is 22.1. The van der Waals surface area contributed by atoms with Gasteiger partial charge in [-0.25, -0.2) is 14.4 Å². The molecule has 1 fully saturated rings. The summed E-state index contributed by atoms with van der Waals surface area (Å²) in [6.45, 7) is 6.31. The molecule has 190 valence electrons. The molecule has 3 heterocycles. The number of nitriles is 2. The summed E-state index contributed by atoms with van der Waals surface area (Å²) in [5.41, 5.74) is 1.46. The second-order valence-electron chi connectivity index (χ2n) is 9.69. The van der Waals surface area contributed by atoms with Gasteiger partial charge in [0.1, 0.15) is 30.2 Å². The van der Waals surface area contributed by atoms with E-state index in [9.17, 15) is 14.4 Å². The number of halogens is 1. The van der Waals surface area contributed by atoms with E-state index in [1.807, 2.05) is 10.9 Å². The predicted molar refractivity (Wildman–Crippen MR) is 133 cm³/mol. The summed E-state index contributed by atoms with van der Waals surface area (Å²) in [6, 6.07) is 10.5. The Morgan fingerprint density at radius 3 is 2.78 bits per heavy atom. The van der Waals surface area contributed by atoms with Crippen molar-refractivity contribution >= 4 is 17.4 Å². The van der Waals surface area contributed by atoms with Gasteiger partial charge in [0.25, 0.3) is 0 Å². The number of hydrogen-bond acceptors (Lipinski definition) is 8. The highest BCUT2D eigenvalue weighted by molar-refractivity contribution is 5.78. The quantitative estimate of drug-likeness (QED) is 0.536. The van der Waals surface area contributed by atoms with E-state index >= 15 is 0 Å². The third kappa shape index (κ3) is 6.01. The predicted octanol–water partition coefficient (Wildman–Crippen LogP) is 3.94. The lowest BCUT2D eigenvalue weighted by atomic mass is 10.0. The van der Waals surface area contributed by atoms with Crippen LogP contribution >= 0.6 is 0 Å². The molecule has 1 aliphatic rings. The minimum atomic E-state index is -1.43. The molecule has 1 aromatic carbocycles. The number of piperidine rings is 1. The minimum absolute atomic E-state index is 0.145. The zero-order valence-electron chi connectivity index (χ0n) is 20.8. The third-order valence-corrected chi connectivity index (χ3v) is 5.90. The standard InChI is InChI=1S/C26H27FN8O2/c1-26(2,3)35-15-19(14-31-35)32-23-7-10-30-25(33-23)17-4-5-21(18(12-17)13-29)37-22-8-11-34(16-20(22)27)24(36)6-9-28/h4-5,7,10,12,14-15,20,22H,6,8,11,16H2,1-3H3,(H,30,32,33)/t20-,22+/m1/s1. The maximum atomic E-state index is 14.7. The molecule has 0 bridgehead atoms. The van der Waals surface area contributed by atoms with Crippen LogP contribution in [0.4, 0.5) is 15.9 Å². The average Bonchev–Trinajstić information content (AvgIpc) is 3.35. The van der Waals surface area contributed by atoms with Crippen LogP contribution in [0.3, 0.4) is 0 Å². The SMILES string of the molecule is CC(C)(C)n1cc(Nc2ccnc(-c3ccc(O[C@H]4CCN(C(=O)CC#N)C[C@H]4F)c(C#N)c3)n2)cn1. The fourth-order valence-corrected chi connectivity index (χ4v) is 3.91. The van der Waals surface area contributed by atoms with E-state index in [1.54, 1.807) is 42.7 Å². The zero-order chi connectivity index (χ0) is 26.6. The first-order valence-corrected chi connectivity index (χ1v) is 11.8. The molecule has 0 radical (unpaired) electrons. The van der Waals surface area contributed by atoms with E-state index in [0.717, 1.165) is 5.69 Å². The van der Waals surface area contributed by atoms with Gasteiger partial charge in [0.15, 0.2) is 12.0 Å². The molecule has 1 N–H and O–H groups in total. The highest BCUT2D eigenvalue weighted by Crippen LogP contribution is 2.29. The fraction of sp³-hybridized carbons (Fsp3) is 0.385. The van der Waals surface area contributed by atoms with Crippen molar-refractivity contribution in [1.82, 2.24) is 24.6 Å². The van der Waals surface area contributed by atoms with E-state index < -0.39 is 18.2 Å². The van der Waals surface area contributed by atoms with Crippen LogP contribution in [0.15, 0.2) is 42.9 Å². The van der Waals surface area contributed by atoms with Gasteiger partial charge in [-0.15, -0.1) is 0 Å². The molecule has 0 saturated carbocycles. The van der Waals surface area contributed by atoms with E-state index in [-0.39, 0.29) is 42.8 Å². The van der Waals surface area contributed by atoms with Crippen molar-refractivity contribution in [3.63, 3.8) is 0 Å². The Hall–Kier alpha value is -4.51. The largest absolute Gasteiger partial charge is 0.486 e. The molecule has 0 spiro atoms. The topological polar surface area (TPSA) is 133 Å². The van der Waals surface area contributed by atoms with Gasteiger partial charge in [0, 0.05) is 30.9 Å². The van der Waals surface area contributed by atoms with E-state index in [4.69, 9.17) is 10.00 Å². The Kier molecular flexibility index (Phi) is 7.35. The first-order valence-electron chi connectivity index (χ1n) is 11.8. The van der Waals surface area contributed by atoms with Crippen molar-refractivity contribution in [3.8, 4) is 29.3 Å². The fourth-order valence-electron chi connectivity index (χ4n) is 3.91. The maximum absolute atomic E-state index is 14.7. The van der Waals surface area contributed by atoms with Gasteiger partial charge in [-0.1, -0.05) is 0 Å². The summed E-state index contributed by atoms with van der Waals surface area (Å²) < 4.78 is 22.4. The Morgan fingerprint density at radius 2 is 2.11 bits per heavy atom. The smallest absolute Gasteiger partial charge is 0.236 e. The van der Waals surface area contributed by atoms with Crippen molar-refractivity contribution < 1.29 is 13.9 Å². The summed E-state index contributed by atoms with van der Waals surface area (Å²) in [7, 11) is 0. The molecule has 4 rings (SSSR count). The molecule has 2 aromatic heterocycles. The van der Waals surface area contributed by atoms with Gasteiger partial charge in [-0.05, 0) is 45.0 Å². The molecular weight excluding hydrogens is 475 g/mol. The number of amides is 1. The third-order valence-electron chi connectivity index (χ3n) is 5.90. The number of ether oxygens (including phenoxy) is 1. The van der Waals surface area contributed by atoms with E-state index in [0.29, 0.717) is 17.2 Å². The lowest BCUT2D eigenvalue weighted by Crippen LogP contribution is -2.49. The lowest BCUT2D eigenvalue weighted by Gasteiger charge is -2.34. The van der Waals surface area contributed by atoms with Crippen LogP contribution in [0.25, 0.3) is 11.4 Å². The number of hydrogen-bond donors (Lipinski definition) is 1. The van der Waals surface area contributed by atoms with Gasteiger partial charge < -0.3 is 15.0 Å². The van der Waals surface area contributed by atoms with Crippen LogP contribution in [0.1, 0.15) is 39.2 Å². The van der Waals surface area contributed by atoms with Gasteiger partial charge in [-0.2, -0.15) is 15.6 Å². The molecule has 1 saturated heterocycles. The van der Waals surface area contributed by atoms with Crippen LogP contribution in [-0.4, -0.2) is 55.9 Å². The van der Waals surface area contributed by atoms with Crippen molar-refractivity contribution in [1.29, 1.82) is 10.5 Å². The number of anilines is 2. The number of nitrogens with one attached hydrogen (secondary N) is 1. The first-order chi connectivity index (χ1) is 17.7. The van der Waals surface area contributed by atoms with E-state index in [2.05, 4.69) is 47.2 Å². The number of carbonyl (C=O) groups excluding carboxylic acids is 1. The van der Waals surface area contributed by atoms with Crippen LogP contribution in [0.2, 0.25) is 0 Å². The number of nitrogens with zero attached hydrogens (tertiary/aromatic N) is 7. The van der Waals surface area contributed by atoms with Gasteiger partial charge >= 0.3 is 0 Å². The number of aromatic nitrogens is 4. The van der Waals surface area contributed by atoms with Gasteiger partial charge in [0.2, 0.25) is 5.91 Å². The highest BCUT2D eigenvalue weighted by atomic mass is 19.1. The molecule has 2 atom stereocenters. The number of carbonyl (C=O) groups is 1. The van der Waals surface area contributed by atoms with Gasteiger partial charge in [-0.3, -0.25) is 9.48 Å². The summed E-state index contributed by atoms with van der Waals surface area (Å²) in [5, 5.41) is 26.0. The Labute approximate surface area is 214 Å². The number of rotatable bonds is 6. The summed E-state index contributed by atoms with van der Waals surface area (Å²) in [5.74, 6) is 0.823. The number of likely N-dealkylation sites (tertiary alicyclic amines) is 1. The van der Waals surface area contributed by atoms with Gasteiger partial charge in [0.05, 0.1) is 35.6 Å². The minimum Gasteiger partial charge on any atom is -0.486 e. The van der Waals surface area contributed by atoms with E-state index in [1.165, 1.54) is 4.90 Å². The maximum Gasteiger partial charge on any atom is 0.236 e. The second-order valence-corrected chi connectivity index (χ2v) is 9.69. The van der Waals surface area contributed by atoms with Crippen LogP contribution < -0.4 is 10.1 Å². The van der Waals surface area contributed by atoms with Crippen molar-refractivity contribution in [2.24, 2.45) is 0 Å². The lowest BCUT2D eigenvalue weighted by molar-refractivity contribution is -0.134. The highest BCUT2D eigenvalue weighted by Gasteiger charge is 2.33. The molecule has 0 unspecified atom stereocenters. The van der Waals surface area contributed by atoms with Crippen molar-refractivity contribution in [2.45, 2.75) is 51.4 Å². The van der Waals surface area contributed by atoms with Crippen molar-refractivity contribution in [2.75, 3.05) is 18.4 Å². The monoisotopic (exact) mass is 502 g/mol. The molecule has 3 aromatic rings. The molecule has 10 nitrogen and oxygen atoms in total. The average molecular weight is 503 g/mol. The number of alkyl halides is 1. The molecule has 1 amide bonds. The van der Waals surface area contributed by atoms with Crippen molar-refractivity contribution in [3.05, 3.63) is 48.4 Å². The summed E-state index contributed by atoms with van der Waals surface area (Å²) >= 11 is 0. The molecule has 0 aliphatic carbocycles.